The van der Waals surface area contributed by atoms with Crippen LogP contribution in [0.1, 0.15) is 17.1 Å². The first-order chi connectivity index (χ1) is 13.8. The van der Waals surface area contributed by atoms with Gasteiger partial charge in [0.1, 0.15) is 22.9 Å². The number of rotatable bonds is 5. The highest BCUT2D eigenvalue weighted by atomic mass is 16.5. The Labute approximate surface area is 163 Å². The maximum absolute atomic E-state index is 6.08. The summed E-state index contributed by atoms with van der Waals surface area (Å²) >= 11 is 0. The van der Waals surface area contributed by atoms with Crippen LogP contribution in [-0.2, 0) is 13.0 Å². The second kappa shape index (κ2) is 6.89. The molecule has 0 aliphatic carbocycles. The van der Waals surface area contributed by atoms with Crippen molar-refractivity contribution in [3.63, 3.8) is 0 Å². The fourth-order valence-electron chi connectivity index (χ4n) is 3.64. The van der Waals surface area contributed by atoms with E-state index in [4.69, 9.17) is 14.1 Å². The average molecular weight is 368 g/mol. The molecular formula is C24H20N2O2. The maximum Gasteiger partial charge on any atom is 0.137 e. The number of methoxy groups -OCH3 is 1. The van der Waals surface area contributed by atoms with Gasteiger partial charge in [0.25, 0.3) is 0 Å². The second-order valence-electron chi connectivity index (χ2n) is 6.88. The van der Waals surface area contributed by atoms with E-state index in [2.05, 4.69) is 53.1 Å². The Morgan fingerprint density at radius 1 is 0.929 bits per heavy atom. The van der Waals surface area contributed by atoms with Crippen molar-refractivity contribution in [3.8, 4) is 5.75 Å². The minimum atomic E-state index is 0.637. The van der Waals surface area contributed by atoms with Gasteiger partial charge in [-0.15, -0.1) is 0 Å². The van der Waals surface area contributed by atoms with E-state index in [1.807, 2.05) is 30.3 Å². The van der Waals surface area contributed by atoms with Crippen LogP contribution in [0.5, 0.6) is 5.75 Å². The molecule has 0 fully saturated rings. The van der Waals surface area contributed by atoms with Crippen molar-refractivity contribution in [2.75, 3.05) is 7.11 Å². The topological polar surface area (TPSA) is 40.2 Å². The second-order valence-corrected chi connectivity index (χ2v) is 6.88. The SMILES string of the molecule is COc1ccc2cc(Cc3nc4ccccc4n3Cc3ccccc3)oc2c1. The minimum Gasteiger partial charge on any atom is -0.497 e. The molecule has 0 bridgehead atoms. The Kier molecular flexibility index (Phi) is 4.09. The van der Waals surface area contributed by atoms with Gasteiger partial charge in [-0.05, 0) is 35.9 Å². The highest BCUT2D eigenvalue weighted by Gasteiger charge is 2.14. The van der Waals surface area contributed by atoms with Crippen LogP contribution >= 0.6 is 0 Å². The third kappa shape index (κ3) is 3.03. The van der Waals surface area contributed by atoms with Crippen molar-refractivity contribution in [2.45, 2.75) is 13.0 Å². The highest BCUT2D eigenvalue weighted by molar-refractivity contribution is 5.80. The maximum atomic E-state index is 6.08. The van der Waals surface area contributed by atoms with Gasteiger partial charge in [-0.1, -0.05) is 42.5 Å². The minimum absolute atomic E-state index is 0.637. The van der Waals surface area contributed by atoms with Crippen molar-refractivity contribution < 1.29 is 9.15 Å². The van der Waals surface area contributed by atoms with E-state index in [9.17, 15) is 0 Å². The van der Waals surface area contributed by atoms with E-state index in [0.29, 0.717) is 6.42 Å². The summed E-state index contributed by atoms with van der Waals surface area (Å²) in [7, 11) is 1.66. The molecule has 0 saturated carbocycles. The van der Waals surface area contributed by atoms with Gasteiger partial charge in [-0.2, -0.15) is 0 Å². The lowest BCUT2D eigenvalue weighted by Crippen LogP contribution is -2.05. The first-order valence-electron chi connectivity index (χ1n) is 9.35. The van der Waals surface area contributed by atoms with E-state index in [1.54, 1.807) is 7.11 Å². The predicted octanol–water partition coefficient (Wildman–Crippen LogP) is 5.43. The molecule has 0 aliphatic rings. The molecule has 2 aromatic heterocycles. The lowest BCUT2D eigenvalue weighted by molar-refractivity contribution is 0.414. The molecule has 0 atom stereocenters. The summed E-state index contributed by atoms with van der Waals surface area (Å²) in [6, 6.07) is 26.7. The van der Waals surface area contributed by atoms with Gasteiger partial charge in [0.2, 0.25) is 0 Å². The predicted molar refractivity (Wildman–Crippen MR) is 111 cm³/mol. The van der Waals surface area contributed by atoms with E-state index in [-0.39, 0.29) is 0 Å². The first-order valence-corrected chi connectivity index (χ1v) is 9.35. The molecule has 0 saturated heterocycles. The molecule has 3 aromatic carbocycles. The Morgan fingerprint density at radius 2 is 1.75 bits per heavy atom. The van der Waals surface area contributed by atoms with Crippen LogP contribution in [0.3, 0.4) is 0 Å². The highest BCUT2D eigenvalue weighted by Crippen LogP contribution is 2.27. The van der Waals surface area contributed by atoms with Crippen molar-refractivity contribution in [1.82, 2.24) is 9.55 Å². The Hall–Kier alpha value is -3.53. The molecule has 28 heavy (non-hydrogen) atoms. The number of hydrogen-bond donors (Lipinski definition) is 0. The molecule has 0 amide bonds. The van der Waals surface area contributed by atoms with Gasteiger partial charge in [0, 0.05) is 18.0 Å². The van der Waals surface area contributed by atoms with Crippen LogP contribution in [-0.4, -0.2) is 16.7 Å². The van der Waals surface area contributed by atoms with Gasteiger partial charge < -0.3 is 13.7 Å². The summed E-state index contributed by atoms with van der Waals surface area (Å²) in [4.78, 5) is 4.89. The molecule has 0 N–H and O–H groups in total. The fourth-order valence-corrected chi connectivity index (χ4v) is 3.64. The lowest BCUT2D eigenvalue weighted by Gasteiger charge is -2.09. The van der Waals surface area contributed by atoms with E-state index >= 15 is 0 Å². The van der Waals surface area contributed by atoms with Crippen molar-refractivity contribution in [1.29, 1.82) is 0 Å². The van der Waals surface area contributed by atoms with Crippen LogP contribution in [0.15, 0.2) is 83.3 Å². The fraction of sp³-hybridized carbons (Fsp3) is 0.125. The molecule has 0 aliphatic heterocycles. The molecular weight excluding hydrogens is 348 g/mol. The molecule has 5 rings (SSSR count). The summed E-state index contributed by atoms with van der Waals surface area (Å²) in [5.74, 6) is 2.69. The number of benzene rings is 3. The third-order valence-electron chi connectivity index (χ3n) is 5.03. The smallest absolute Gasteiger partial charge is 0.137 e. The quantitative estimate of drug-likeness (QED) is 0.415. The number of imidazole rings is 1. The van der Waals surface area contributed by atoms with Crippen molar-refractivity contribution in [2.24, 2.45) is 0 Å². The summed E-state index contributed by atoms with van der Waals surface area (Å²) in [6.45, 7) is 0.782. The third-order valence-corrected chi connectivity index (χ3v) is 5.03. The summed E-state index contributed by atoms with van der Waals surface area (Å²) < 4.78 is 13.7. The molecule has 138 valence electrons. The summed E-state index contributed by atoms with van der Waals surface area (Å²) in [5.41, 5.74) is 4.23. The van der Waals surface area contributed by atoms with Gasteiger partial charge in [0.15, 0.2) is 0 Å². The molecule has 4 heteroatoms. The number of para-hydroxylation sites is 2. The molecule has 2 heterocycles. The van der Waals surface area contributed by atoms with Crippen LogP contribution in [0.2, 0.25) is 0 Å². The van der Waals surface area contributed by atoms with Gasteiger partial charge in [0.05, 0.1) is 24.6 Å². The van der Waals surface area contributed by atoms with Crippen molar-refractivity contribution >= 4 is 22.0 Å². The van der Waals surface area contributed by atoms with E-state index < -0.39 is 0 Å². The van der Waals surface area contributed by atoms with E-state index in [0.717, 1.165) is 45.9 Å². The number of aromatic nitrogens is 2. The first kappa shape index (κ1) is 16.6. The zero-order valence-corrected chi connectivity index (χ0v) is 15.6. The van der Waals surface area contributed by atoms with Gasteiger partial charge in [-0.25, -0.2) is 4.98 Å². The number of fused-ring (bicyclic) bond motifs is 2. The number of furan rings is 1. The molecule has 0 unspecified atom stereocenters. The summed E-state index contributed by atoms with van der Waals surface area (Å²) in [6.07, 6.45) is 0.637. The Balaban J connectivity index is 1.55. The Morgan fingerprint density at radius 3 is 2.61 bits per heavy atom. The van der Waals surface area contributed by atoms with E-state index in [1.165, 1.54) is 5.56 Å². The number of nitrogens with zero attached hydrogens (tertiary/aromatic N) is 2. The molecule has 4 nitrogen and oxygen atoms in total. The molecule has 0 radical (unpaired) electrons. The largest absolute Gasteiger partial charge is 0.497 e. The zero-order valence-electron chi connectivity index (χ0n) is 15.6. The standard InChI is InChI=1S/C24H20N2O2/c1-27-19-12-11-18-13-20(28-23(18)14-19)15-24-25-21-9-5-6-10-22(21)26(24)16-17-7-3-2-4-8-17/h2-14H,15-16H2,1H3. The van der Waals surface area contributed by atoms with Crippen LogP contribution < -0.4 is 4.74 Å². The molecule has 5 aromatic rings. The number of ether oxygens (including phenoxy) is 1. The molecule has 0 spiro atoms. The normalized spacial score (nSPS) is 11.3. The van der Waals surface area contributed by atoms with Crippen LogP contribution in [0, 0.1) is 0 Å². The average Bonchev–Trinajstić information content (AvgIpc) is 3.29. The van der Waals surface area contributed by atoms with Gasteiger partial charge in [-0.3, -0.25) is 0 Å². The van der Waals surface area contributed by atoms with Gasteiger partial charge >= 0.3 is 0 Å². The van der Waals surface area contributed by atoms with Crippen LogP contribution in [0.25, 0.3) is 22.0 Å². The summed E-state index contributed by atoms with van der Waals surface area (Å²) in [5, 5.41) is 1.07. The number of hydrogen-bond acceptors (Lipinski definition) is 3. The monoisotopic (exact) mass is 368 g/mol. The zero-order chi connectivity index (χ0) is 18.9. The Bertz CT molecular complexity index is 1250. The van der Waals surface area contributed by atoms with Crippen LogP contribution in [0.4, 0.5) is 0 Å². The van der Waals surface area contributed by atoms with Crippen molar-refractivity contribution in [3.05, 3.63) is 96.0 Å². The lowest BCUT2D eigenvalue weighted by atomic mass is 10.2.